The number of hydrogen-bond acceptors (Lipinski definition) is 9. The lowest BCUT2D eigenvalue weighted by molar-refractivity contribution is 1.31. The van der Waals surface area contributed by atoms with E-state index >= 15 is 0 Å². The second-order valence-electron chi connectivity index (χ2n) is 37.5. The van der Waals surface area contributed by atoms with Crippen molar-refractivity contribution in [2.24, 2.45) is 0 Å². The zero-order chi connectivity index (χ0) is 96.9. The molecule has 0 saturated heterocycles. The van der Waals surface area contributed by atoms with Gasteiger partial charge in [0.05, 0.1) is 68.8 Å². The fraction of sp³-hybridized carbons (Fsp3) is 0. The predicted molar refractivity (Wildman–Crippen MR) is 628 cm³/mol. The Morgan fingerprint density at radius 3 is 0.728 bits per heavy atom. The van der Waals surface area contributed by atoms with Crippen molar-refractivity contribution in [3.63, 3.8) is 0 Å². The second kappa shape index (κ2) is 36.5. The Bertz CT molecular complexity index is 10400. The molecule has 6 nitrogen and oxygen atoms in total. The average Bonchev–Trinajstić information content (AvgIpc) is 1.62. The normalized spacial score (nSPS) is 11.7. The topological polar surface area (TPSA) is 77.3 Å². The van der Waals surface area contributed by atoms with Gasteiger partial charge < -0.3 is 0 Å². The van der Waals surface area contributed by atoms with Gasteiger partial charge in [0.1, 0.15) is 0 Å². The Labute approximate surface area is 859 Å². The van der Waals surface area contributed by atoms with Gasteiger partial charge in [-0.1, -0.05) is 443 Å². The molecule has 9 heteroatoms. The van der Waals surface area contributed by atoms with Crippen LogP contribution in [-0.2, 0) is 0 Å². The summed E-state index contributed by atoms with van der Waals surface area (Å²) < 4.78 is 7.71. The van der Waals surface area contributed by atoms with E-state index in [-0.39, 0.29) is 0 Å². The number of benzene rings is 24. The number of rotatable bonds is 12. The molecule has 30 aromatic rings. The fourth-order valence-corrected chi connectivity index (χ4v) is 26.1. The lowest BCUT2D eigenvalue weighted by Crippen LogP contribution is -1.94. The Morgan fingerprint density at radius 2 is 0.361 bits per heavy atom. The molecule has 0 aliphatic rings. The zero-order valence-electron chi connectivity index (χ0n) is 79.4. The van der Waals surface area contributed by atoms with E-state index in [2.05, 4.69) is 491 Å². The molecule has 0 spiro atoms. The van der Waals surface area contributed by atoms with Gasteiger partial charge in [-0.25, -0.2) is 15.0 Å². The summed E-state index contributed by atoms with van der Waals surface area (Å²) in [5.74, 6) is 0. The van der Waals surface area contributed by atoms with E-state index in [9.17, 15) is 0 Å². The summed E-state index contributed by atoms with van der Waals surface area (Å²) >= 11 is 5.63. The molecule has 0 unspecified atom stereocenters. The maximum Gasteiger partial charge on any atom is 0.0979 e. The van der Waals surface area contributed by atoms with Crippen LogP contribution in [0.1, 0.15) is 0 Å². The largest absolute Gasteiger partial charge is 0.252 e. The predicted octanol–water partition coefficient (Wildman–Crippen LogP) is 38.9. The van der Waals surface area contributed by atoms with E-state index in [4.69, 9.17) is 29.9 Å². The molecule has 24 aromatic carbocycles. The lowest BCUT2D eigenvalue weighted by Gasteiger charge is -2.14. The highest BCUT2D eigenvalue weighted by Crippen LogP contribution is 2.53. The molecule has 0 saturated carbocycles. The van der Waals surface area contributed by atoms with Crippen LogP contribution in [0.5, 0.6) is 0 Å². The van der Waals surface area contributed by atoms with Gasteiger partial charge in [0.2, 0.25) is 0 Å². The smallest absolute Gasteiger partial charge is 0.0979 e. The van der Waals surface area contributed by atoms with Crippen molar-refractivity contribution in [3.8, 4) is 134 Å². The zero-order valence-corrected chi connectivity index (χ0v) is 81.9. The Balaban J connectivity index is 0.000000107. The van der Waals surface area contributed by atoms with E-state index in [1.165, 1.54) is 182 Å². The van der Waals surface area contributed by atoms with Gasteiger partial charge in [0, 0.05) is 132 Å². The summed E-state index contributed by atoms with van der Waals surface area (Å²) in [5.41, 5.74) is 33.1. The molecule has 30 rings (SSSR count). The summed E-state index contributed by atoms with van der Waals surface area (Å²) in [5, 5.41) is 21.6. The van der Waals surface area contributed by atoms with Gasteiger partial charge in [-0.05, 0) is 159 Å². The van der Waals surface area contributed by atoms with Crippen molar-refractivity contribution in [2.75, 3.05) is 0 Å². The Morgan fingerprint density at radius 1 is 0.122 bits per heavy atom. The minimum atomic E-state index is 0.860. The number of aromatic nitrogens is 6. The molecule has 147 heavy (non-hydrogen) atoms. The van der Waals surface area contributed by atoms with Gasteiger partial charge >= 0.3 is 0 Å². The third kappa shape index (κ3) is 15.1. The van der Waals surface area contributed by atoms with Gasteiger partial charge in [-0.2, -0.15) is 0 Å². The number of thiophene rings is 3. The van der Waals surface area contributed by atoms with E-state index in [1.54, 1.807) is 0 Å². The summed E-state index contributed by atoms with van der Waals surface area (Å²) in [6.45, 7) is 0. The molecule has 0 bridgehead atoms. The minimum Gasteiger partial charge on any atom is -0.252 e. The Kier molecular flexibility index (Phi) is 21.4. The molecule has 6 heterocycles. The van der Waals surface area contributed by atoms with Crippen LogP contribution in [0.15, 0.2) is 510 Å². The summed E-state index contributed by atoms with van der Waals surface area (Å²) in [4.78, 5) is 31.5. The minimum absolute atomic E-state index is 0.860. The summed E-state index contributed by atoms with van der Waals surface area (Å²) in [6, 6.07) is 176. The average molecular weight is 1920 g/mol. The van der Waals surface area contributed by atoms with Crippen molar-refractivity contribution in [1.29, 1.82) is 0 Å². The molecular weight excluding hydrogens is 1840 g/mol. The maximum absolute atomic E-state index is 5.45. The highest BCUT2D eigenvalue weighted by molar-refractivity contribution is 7.27. The van der Waals surface area contributed by atoms with E-state index in [0.717, 1.165) is 110 Å². The van der Waals surface area contributed by atoms with Crippen molar-refractivity contribution >= 4 is 192 Å². The fourth-order valence-electron chi connectivity index (χ4n) is 22.3. The van der Waals surface area contributed by atoms with Crippen LogP contribution >= 0.6 is 34.0 Å². The van der Waals surface area contributed by atoms with Crippen LogP contribution in [-0.4, -0.2) is 29.9 Å². The molecule has 0 aliphatic heterocycles. The first kappa shape index (κ1) is 86.4. The van der Waals surface area contributed by atoms with E-state index in [1.807, 2.05) is 52.6 Å². The molecule has 0 atom stereocenters. The Hall–Kier alpha value is -18.5. The van der Waals surface area contributed by atoms with Gasteiger partial charge in [-0.15, -0.1) is 34.0 Å². The highest BCUT2D eigenvalue weighted by Gasteiger charge is 2.27. The van der Waals surface area contributed by atoms with Crippen LogP contribution < -0.4 is 0 Å². The molecule has 6 aromatic heterocycles. The summed E-state index contributed by atoms with van der Waals surface area (Å²) in [6.07, 6.45) is 5.86. The van der Waals surface area contributed by atoms with Crippen molar-refractivity contribution in [1.82, 2.24) is 29.9 Å². The van der Waals surface area contributed by atoms with Crippen LogP contribution in [0.25, 0.3) is 292 Å². The first-order valence-corrected chi connectivity index (χ1v) is 52.2. The van der Waals surface area contributed by atoms with Gasteiger partial charge in [0.25, 0.3) is 0 Å². The van der Waals surface area contributed by atoms with Gasteiger partial charge in [-0.3, -0.25) is 15.0 Å². The molecule has 0 fully saturated rings. The number of hydrogen-bond donors (Lipinski definition) is 0. The maximum atomic E-state index is 5.45. The highest BCUT2D eigenvalue weighted by atomic mass is 32.1. The standard InChI is InChI=1S/C52H32N2S.C46H28N2S.C40H24N2S/c1-4-16-33(17-5-1)36-28-44(35-20-8-3-9-21-35)51-46(30-36)47-31-37(34-18-6-2-7-19-34)29-45(52(47)55-51)40-24-10-13-25-41(40)48-32-53-49-42-26-14-11-22-38(42)39-23-12-15-27-43(39)50(49)54-48;1-3-13-29(14-4-1)31-23-24-43-39(25-31)41-27-32(30-15-5-2-6-16-30)26-40(46(41)49-43)35-19-7-10-20-36(35)42-28-47-44-37-21-11-8-17-33(37)34-18-9-12-22-38(34)45(44)48-42;1-2-12-25(13-3-1)26-20-10-22-34-35-23-11-21-33(40(35)43-39(26)34)29-16-4-7-17-30(29)36-24-41-37-31-18-8-5-14-27(31)28-15-6-9-19-32(28)38(37)42-36/h1-32H;1-28H;1-24H. The van der Waals surface area contributed by atoms with Crippen LogP contribution in [0.3, 0.4) is 0 Å². The van der Waals surface area contributed by atoms with Crippen LogP contribution in [0.2, 0.25) is 0 Å². The van der Waals surface area contributed by atoms with E-state index < -0.39 is 0 Å². The molecule has 0 radical (unpaired) electrons. The summed E-state index contributed by atoms with van der Waals surface area (Å²) in [7, 11) is 0. The van der Waals surface area contributed by atoms with Crippen molar-refractivity contribution < 1.29 is 0 Å². The molecule has 0 aliphatic carbocycles. The number of fused-ring (bicyclic) bond motifs is 27. The molecule has 684 valence electrons. The molecule has 0 N–H and O–H groups in total. The molecular formula is C138H84N6S3. The quantitative estimate of drug-likeness (QED) is 0.113. The monoisotopic (exact) mass is 1920 g/mol. The number of nitrogens with zero attached hydrogens (tertiary/aromatic N) is 6. The third-order valence-electron chi connectivity index (χ3n) is 29.1. The van der Waals surface area contributed by atoms with Crippen molar-refractivity contribution in [3.05, 3.63) is 510 Å². The lowest BCUT2D eigenvalue weighted by atomic mass is 9.91. The first-order chi connectivity index (χ1) is 72.9. The third-order valence-corrected chi connectivity index (χ3v) is 32.9. The van der Waals surface area contributed by atoms with Crippen molar-refractivity contribution in [2.45, 2.75) is 0 Å². The van der Waals surface area contributed by atoms with Gasteiger partial charge in [0.15, 0.2) is 0 Å². The van der Waals surface area contributed by atoms with Crippen LogP contribution in [0.4, 0.5) is 0 Å². The SMILES string of the molecule is c1ccc(-c2cc(-c3ccccc3)c3sc4c(-c5ccccc5-c5cnc6c7ccccc7c7ccccc7c6n5)cc(-c5ccccc5)cc4c3c2)cc1.c1ccc(-c2ccc3sc4c(-c5ccccc5-c5cnc6c7ccccc7c7ccccc7c6n5)cc(-c5ccccc5)cc4c3c2)cc1.c1ccc(-c2cccc3c2sc2c(-c4ccccc4-c4cnc5c6ccccc6c6ccccc6c5n4)cccc23)cc1. The second-order valence-corrected chi connectivity index (χ2v) is 40.6. The van der Waals surface area contributed by atoms with E-state index in [0.29, 0.717) is 0 Å². The first-order valence-electron chi connectivity index (χ1n) is 49.7. The molecule has 0 amide bonds. The van der Waals surface area contributed by atoms with Crippen LogP contribution in [0, 0.1) is 0 Å².